The van der Waals surface area contributed by atoms with Gasteiger partial charge >= 0.3 is 0 Å². The van der Waals surface area contributed by atoms with Gasteiger partial charge in [0.25, 0.3) is 0 Å². The van der Waals surface area contributed by atoms with Crippen LogP contribution in [0, 0.1) is 0 Å². The molecule has 0 radical (unpaired) electrons. The Kier molecular flexibility index (Phi) is 2.23. The van der Waals surface area contributed by atoms with E-state index in [0.29, 0.717) is 16.1 Å². The lowest BCUT2D eigenvalue weighted by molar-refractivity contribution is 1.11. The first kappa shape index (κ1) is 10.7. The molecule has 3 rings (SSSR count). The second-order valence-corrected chi connectivity index (χ2v) is 4.12. The molecule has 0 atom stereocenters. The number of hydrogen-bond donors (Lipinski definition) is 1. The van der Waals surface area contributed by atoms with Crippen LogP contribution in [-0.4, -0.2) is 7.05 Å². The molecule has 0 spiro atoms. The Morgan fingerprint density at radius 3 is 2.17 bits per heavy atom. The number of nitrogens with zero attached hydrogens (tertiary/aromatic N) is 2. The van der Waals surface area contributed by atoms with Gasteiger partial charge in [-0.2, -0.15) is 5.10 Å². The van der Waals surface area contributed by atoms with Gasteiger partial charge < -0.3 is 5.84 Å². The van der Waals surface area contributed by atoms with Crippen molar-refractivity contribution in [1.82, 2.24) is 0 Å². The van der Waals surface area contributed by atoms with Crippen LogP contribution in [0.25, 0.3) is 21.5 Å². The lowest BCUT2D eigenvalue weighted by Gasteiger charge is -1.96. The van der Waals surface area contributed by atoms with Gasteiger partial charge in [0.05, 0.1) is 0 Å². The molecule has 18 heavy (non-hydrogen) atoms. The number of benzene rings is 2. The highest BCUT2D eigenvalue weighted by molar-refractivity contribution is 5.98. The summed E-state index contributed by atoms with van der Waals surface area (Å²) >= 11 is 0. The number of fused-ring (bicyclic) bond motifs is 2. The van der Waals surface area contributed by atoms with Crippen LogP contribution in [0.5, 0.6) is 0 Å². The normalized spacial score (nSPS) is 13.8. The van der Waals surface area contributed by atoms with E-state index in [4.69, 9.17) is 5.84 Å². The van der Waals surface area contributed by atoms with E-state index in [1.807, 2.05) is 36.4 Å². The molecule has 0 bridgehead atoms. The summed E-state index contributed by atoms with van der Waals surface area (Å²) in [6.45, 7) is 0. The van der Waals surface area contributed by atoms with E-state index in [9.17, 15) is 4.79 Å². The zero-order valence-electron chi connectivity index (χ0n) is 9.84. The van der Waals surface area contributed by atoms with E-state index in [1.165, 1.54) is 0 Å². The molecule has 3 aromatic carbocycles. The molecular formula is C14H11N3O. The molecule has 0 fully saturated rings. The summed E-state index contributed by atoms with van der Waals surface area (Å²) in [4.78, 5) is 16.2. The summed E-state index contributed by atoms with van der Waals surface area (Å²) in [5.74, 6) is 5.38. The molecule has 0 aliphatic rings. The Hall–Kier alpha value is -2.49. The predicted molar refractivity (Wildman–Crippen MR) is 71.3 cm³/mol. The first-order chi connectivity index (χ1) is 8.76. The lowest BCUT2D eigenvalue weighted by Crippen LogP contribution is -2.33. The number of hydrogen-bond acceptors (Lipinski definition) is 4. The van der Waals surface area contributed by atoms with Gasteiger partial charge in [0.2, 0.25) is 5.43 Å². The standard InChI is InChI=1S/C14H11N3O/c1-16-13-12(17-15)10-6-8-4-2-3-5-9(8)7-11(10)14(13)18/h2-7H,15H2,1H3/b16-13?,17-12-. The maximum Gasteiger partial charge on any atom is 0.213 e. The maximum atomic E-state index is 12.2. The smallest absolute Gasteiger partial charge is 0.213 e. The zero-order chi connectivity index (χ0) is 12.7. The Morgan fingerprint density at radius 2 is 1.61 bits per heavy atom. The summed E-state index contributed by atoms with van der Waals surface area (Å²) in [6, 6.07) is 11.7. The zero-order valence-corrected chi connectivity index (χ0v) is 9.84. The van der Waals surface area contributed by atoms with Gasteiger partial charge in [0.15, 0.2) is 0 Å². The molecule has 0 amide bonds. The van der Waals surface area contributed by atoms with Crippen LogP contribution in [0.2, 0.25) is 0 Å². The molecule has 2 N–H and O–H groups in total. The van der Waals surface area contributed by atoms with Crippen molar-refractivity contribution in [3.63, 3.8) is 0 Å². The SMILES string of the molecule is CN=c1c(=O)c2cc3ccccc3cc2/c1=N/N. The Morgan fingerprint density at radius 1 is 1.00 bits per heavy atom. The summed E-state index contributed by atoms with van der Waals surface area (Å²) in [5, 5.41) is 7.99. The first-order valence-corrected chi connectivity index (χ1v) is 5.59. The van der Waals surface area contributed by atoms with Gasteiger partial charge in [-0.3, -0.25) is 9.79 Å². The Balaban J connectivity index is 2.71. The molecule has 88 valence electrons. The Labute approximate surface area is 102 Å². The van der Waals surface area contributed by atoms with Crippen LogP contribution in [0.15, 0.2) is 51.3 Å². The van der Waals surface area contributed by atoms with Crippen molar-refractivity contribution in [2.45, 2.75) is 0 Å². The molecule has 4 nitrogen and oxygen atoms in total. The van der Waals surface area contributed by atoms with Gasteiger partial charge in [-0.1, -0.05) is 24.3 Å². The van der Waals surface area contributed by atoms with Crippen molar-refractivity contribution >= 4 is 21.5 Å². The molecule has 0 aromatic heterocycles. The largest absolute Gasteiger partial charge is 0.323 e. The minimum absolute atomic E-state index is 0.109. The van der Waals surface area contributed by atoms with E-state index in [-0.39, 0.29) is 5.43 Å². The fourth-order valence-corrected chi connectivity index (χ4v) is 2.32. The fraction of sp³-hybridized carbons (Fsp3) is 0.0714. The van der Waals surface area contributed by atoms with E-state index < -0.39 is 0 Å². The minimum atomic E-state index is -0.109. The second-order valence-electron chi connectivity index (χ2n) is 4.12. The molecule has 0 saturated heterocycles. The maximum absolute atomic E-state index is 12.2. The van der Waals surface area contributed by atoms with Gasteiger partial charge in [-0.15, -0.1) is 0 Å². The third-order valence-electron chi connectivity index (χ3n) is 3.18. The average molecular weight is 237 g/mol. The molecule has 3 aromatic rings. The van der Waals surface area contributed by atoms with E-state index in [0.717, 1.165) is 16.2 Å². The van der Waals surface area contributed by atoms with Crippen molar-refractivity contribution in [3.05, 3.63) is 57.3 Å². The summed E-state index contributed by atoms with van der Waals surface area (Å²) in [6.07, 6.45) is 0. The molecule has 4 heteroatoms. The quantitative estimate of drug-likeness (QED) is 0.458. The monoisotopic (exact) mass is 237 g/mol. The lowest BCUT2D eigenvalue weighted by atomic mass is 10.1. The number of rotatable bonds is 0. The van der Waals surface area contributed by atoms with Crippen molar-refractivity contribution in [2.75, 3.05) is 7.05 Å². The molecule has 0 saturated carbocycles. The van der Waals surface area contributed by atoms with Crippen molar-refractivity contribution in [2.24, 2.45) is 15.9 Å². The topological polar surface area (TPSA) is 67.8 Å². The van der Waals surface area contributed by atoms with Gasteiger partial charge in [-0.25, -0.2) is 0 Å². The highest BCUT2D eigenvalue weighted by atomic mass is 16.1. The van der Waals surface area contributed by atoms with Crippen molar-refractivity contribution < 1.29 is 0 Å². The third kappa shape index (κ3) is 1.29. The average Bonchev–Trinajstić information content (AvgIpc) is 2.68. The van der Waals surface area contributed by atoms with E-state index in [2.05, 4.69) is 10.1 Å². The van der Waals surface area contributed by atoms with Crippen LogP contribution in [0.1, 0.15) is 0 Å². The van der Waals surface area contributed by atoms with Crippen molar-refractivity contribution in [1.29, 1.82) is 0 Å². The van der Waals surface area contributed by atoms with Gasteiger partial charge in [0, 0.05) is 17.8 Å². The molecule has 0 aliphatic heterocycles. The fourth-order valence-electron chi connectivity index (χ4n) is 2.32. The molecular weight excluding hydrogens is 226 g/mol. The first-order valence-electron chi connectivity index (χ1n) is 5.59. The molecule has 0 heterocycles. The third-order valence-corrected chi connectivity index (χ3v) is 3.18. The summed E-state index contributed by atoms with van der Waals surface area (Å²) in [7, 11) is 1.57. The predicted octanol–water partition coefficient (Wildman–Crippen LogP) is 0.534. The summed E-state index contributed by atoms with van der Waals surface area (Å²) < 4.78 is 0. The molecule has 0 unspecified atom stereocenters. The van der Waals surface area contributed by atoms with E-state index >= 15 is 0 Å². The van der Waals surface area contributed by atoms with Crippen LogP contribution in [0.4, 0.5) is 0 Å². The minimum Gasteiger partial charge on any atom is -0.323 e. The Bertz CT molecular complexity index is 916. The molecule has 0 aliphatic carbocycles. The number of nitrogens with two attached hydrogens (primary N) is 1. The van der Waals surface area contributed by atoms with Crippen LogP contribution >= 0.6 is 0 Å². The van der Waals surface area contributed by atoms with Crippen LogP contribution < -0.4 is 22.0 Å². The van der Waals surface area contributed by atoms with Crippen molar-refractivity contribution in [3.8, 4) is 0 Å². The van der Waals surface area contributed by atoms with Crippen LogP contribution in [0.3, 0.4) is 0 Å². The van der Waals surface area contributed by atoms with Gasteiger partial charge in [-0.05, 0) is 22.9 Å². The highest BCUT2D eigenvalue weighted by Gasteiger charge is 2.09. The second kappa shape index (κ2) is 3.77. The van der Waals surface area contributed by atoms with Gasteiger partial charge in [0.1, 0.15) is 10.7 Å². The van der Waals surface area contributed by atoms with Crippen LogP contribution in [-0.2, 0) is 0 Å². The highest BCUT2D eigenvalue weighted by Crippen LogP contribution is 2.17. The summed E-state index contributed by atoms with van der Waals surface area (Å²) in [5.41, 5.74) is -0.109. The van der Waals surface area contributed by atoms with E-state index in [1.54, 1.807) is 7.05 Å².